The molecular formula is C13H21ClFN3. The number of alkyl halides is 1. The predicted molar refractivity (Wildman–Crippen MR) is 73.5 cm³/mol. The van der Waals surface area contributed by atoms with Crippen molar-refractivity contribution in [3.63, 3.8) is 0 Å². The van der Waals surface area contributed by atoms with Crippen molar-refractivity contribution < 1.29 is 4.39 Å². The van der Waals surface area contributed by atoms with Gasteiger partial charge < -0.3 is 10.2 Å². The summed E-state index contributed by atoms with van der Waals surface area (Å²) in [4.78, 5) is 5.80. The molecule has 0 aromatic rings. The first-order valence-corrected chi connectivity index (χ1v) is 6.74. The lowest BCUT2D eigenvalue weighted by Crippen LogP contribution is -2.62. The van der Waals surface area contributed by atoms with Crippen LogP contribution in [-0.2, 0) is 0 Å². The normalized spacial score (nSPS) is 31.3. The van der Waals surface area contributed by atoms with E-state index in [0.29, 0.717) is 0 Å². The lowest BCUT2D eigenvalue weighted by molar-refractivity contribution is 0.0857. The summed E-state index contributed by atoms with van der Waals surface area (Å²) in [6.45, 7) is 8.66. The summed E-state index contributed by atoms with van der Waals surface area (Å²) in [5.74, 6) is -0.332. The van der Waals surface area contributed by atoms with E-state index in [-0.39, 0.29) is 22.9 Å². The number of nitrogens with one attached hydrogen (secondary N) is 1. The molecule has 0 amide bonds. The van der Waals surface area contributed by atoms with Crippen LogP contribution in [0.25, 0.3) is 0 Å². The highest BCUT2D eigenvalue weighted by molar-refractivity contribution is 6.20. The third kappa shape index (κ3) is 3.04. The molecule has 102 valence electrons. The van der Waals surface area contributed by atoms with Gasteiger partial charge in [-0.1, -0.05) is 11.6 Å². The van der Waals surface area contributed by atoms with E-state index in [9.17, 15) is 4.39 Å². The number of nitrogens with zero attached hydrogens (tertiary/aromatic N) is 2. The van der Waals surface area contributed by atoms with E-state index in [2.05, 4.69) is 38.0 Å². The average Bonchev–Trinajstić information content (AvgIpc) is 2.17. The van der Waals surface area contributed by atoms with Gasteiger partial charge in [0.2, 0.25) is 0 Å². The third-order valence-electron chi connectivity index (χ3n) is 3.43. The minimum atomic E-state index is -0.501. The summed E-state index contributed by atoms with van der Waals surface area (Å²) < 4.78 is 13.3. The van der Waals surface area contributed by atoms with Crippen LogP contribution in [-0.4, -0.2) is 33.9 Å². The fourth-order valence-electron chi connectivity index (χ4n) is 3.21. The summed E-state index contributed by atoms with van der Waals surface area (Å²) >= 11 is 6.16. The molecule has 3 nitrogen and oxygen atoms in total. The van der Waals surface area contributed by atoms with Gasteiger partial charge in [0.15, 0.2) is 11.5 Å². The Bertz CT molecular complexity index is 374. The minimum Gasteiger partial charge on any atom is -0.338 e. The monoisotopic (exact) mass is 273 g/mol. The van der Waals surface area contributed by atoms with Crippen molar-refractivity contribution in [2.24, 2.45) is 4.99 Å². The molecule has 0 saturated carbocycles. The van der Waals surface area contributed by atoms with Crippen molar-refractivity contribution >= 4 is 17.8 Å². The lowest BCUT2D eigenvalue weighted by Gasteiger charge is -2.50. The van der Waals surface area contributed by atoms with E-state index in [1.165, 1.54) is 12.4 Å². The van der Waals surface area contributed by atoms with Crippen molar-refractivity contribution in [1.82, 2.24) is 10.2 Å². The first-order valence-electron chi connectivity index (χ1n) is 6.30. The first-order chi connectivity index (χ1) is 8.19. The molecule has 0 radical (unpaired) electrons. The number of hydrogen-bond acceptors (Lipinski definition) is 3. The molecule has 5 heteroatoms. The van der Waals surface area contributed by atoms with Crippen LogP contribution in [0.3, 0.4) is 0 Å². The van der Waals surface area contributed by atoms with Crippen molar-refractivity contribution in [2.45, 2.75) is 63.3 Å². The Morgan fingerprint density at radius 2 is 1.89 bits per heavy atom. The molecule has 1 saturated heterocycles. The van der Waals surface area contributed by atoms with Gasteiger partial charge >= 0.3 is 0 Å². The van der Waals surface area contributed by atoms with Gasteiger partial charge in [0.05, 0.1) is 6.21 Å². The number of halogens is 2. The summed E-state index contributed by atoms with van der Waals surface area (Å²) in [5.41, 5.74) is -0.484. The molecule has 2 rings (SSSR count). The lowest BCUT2D eigenvalue weighted by atomic mass is 9.79. The van der Waals surface area contributed by atoms with E-state index >= 15 is 0 Å². The molecular weight excluding hydrogens is 253 g/mol. The van der Waals surface area contributed by atoms with Crippen LogP contribution in [0.15, 0.2) is 17.0 Å². The van der Waals surface area contributed by atoms with Crippen LogP contribution >= 0.6 is 11.6 Å². The molecule has 1 fully saturated rings. The van der Waals surface area contributed by atoms with Crippen LogP contribution in [0.2, 0.25) is 0 Å². The van der Waals surface area contributed by atoms with Gasteiger partial charge in [0, 0.05) is 23.3 Å². The summed E-state index contributed by atoms with van der Waals surface area (Å²) in [6, 6.07) is 0.196. The maximum absolute atomic E-state index is 13.3. The molecule has 0 aromatic carbocycles. The second kappa shape index (κ2) is 4.49. The van der Waals surface area contributed by atoms with Crippen LogP contribution in [0.5, 0.6) is 0 Å². The summed E-state index contributed by atoms with van der Waals surface area (Å²) in [5, 5.41) is 3.60. The Kier molecular flexibility index (Phi) is 3.45. The first kappa shape index (κ1) is 13.8. The third-order valence-corrected chi connectivity index (χ3v) is 3.77. The van der Waals surface area contributed by atoms with Crippen molar-refractivity contribution in [3.05, 3.63) is 12.0 Å². The number of hydrogen-bond donors (Lipinski definition) is 1. The molecule has 1 unspecified atom stereocenters. The number of rotatable bonds is 1. The number of aliphatic imine (C=N–C) groups is 1. The highest BCUT2D eigenvalue weighted by atomic mass is 35.5. The van der Waals surface area contributed by atoms with Crippen molar-refractivity contribution in [1.29, 1.82) is 0 Å². The highest BCUT2D eigenvalue weighted by Crippen LogP contribution is 2.34. The largest absolute Gasteiger partial charge is 0.338 e. The molecule has 0 aromatic heterocycles. The van der Waals surface area contributed by atoms with Gasteiger partial charge in [-0.15, -0.1) is 0 Å². The van der Waals surface area contributed by atoms with Gasteiger partial charge in [-0.2, -0.15) is 0 Å². The topological polar surface area (TPSA) is 27.6 Å². The zero-order valence-corrected chi connectivity index (χ0v) is 12.1. The van der Waals surface area contributed by atoms with Gasteiger partial charge in [-0.3, -0.25) is 0 Å². The Morgan fingerprint density at radius 3 is 2.44 bits per heavy atom. The zero-order valence-electron chi connectivity index (χ0n) is 11.4. The van der Waals surface area contributed by atoms with Crippen molar-refractivity contribution in [2.75, 3.05) is 0 Å². The fourth-order valence-corrected chi connectivity index (χ4v) is 3.48. The Labute approximate surface area is 113 Å². The molecule has 2 aliphatic rings. The van der Waals surface area contributed by atoms with Crippen LogP contribution in [0, 0.1) is 0 Å². The van der Waals surface area contributed by atoms with Crippen molar-refractivity contribution in [3.8, 4) is 0 Å². The second-order valence-electron chi connectivity index (χ2n) is 6.50. The molecule has 0 spiro atoms. The molecule has 1 N–H and O–H groups in total. The Hall–Kier alpha value is -0.610. The molecule has 0 bridgehead atoms. The molecule has 18 heavy (non-hydrogen) atoms. The van der Waals surface area contributed by atoms with Gasteiger partial charge in [-0.25, -0.2) is 9.38 Å². The predicted octanol–water partition coefficient (Wildman–Crippen LogP) is 3.02. The quantitative estimate of drug-likeness (QED) is 0.587. The van der Waals surface area contributed by atoms with E-state index < -0.39 is 5.62 Å². The zero-order chi connectivity index (χ0) is 13.6. The van der Waals surface area contributed by atoms with Gasteiger partial charge in [0.1, 0.15) is 0 Å². The molecule has 0 aliphatic carbocycles. The molecule has 2 heterocycles. The Balaban J connectivity index is 2.20. The molecule has 1 atom stereocenters. The van der Waals surface area contributed by atoms with Gasteiger partial charge in [0.25, 0.3) is 0 Å². The van der Waals surface area contributed by atoms with Crippen LogP contribution < -0.4 is 5.32 Å². The Morgan fingerprint density at radius 1 is 1.33 bits per heavy atom. The standard InChI is InChI=1S/C13H21ClFN3/c1-12(2)5-10(6-13(3,4)17-12)18-8-9(15)7-16-11(18)14/h7-8,10-11,17H,5-6H2,1-4H3. The fraction of sp³-hybridized carbons (Fsp3) is 0.769. The minimum absolute atomic E-state index is 0.00844. The van der Waals surface area contributed by atoms with Crippen LogP contribution in [0.4, 0.5) is 4.39 Å². The molecule has 2 aliphatic heterocycles. The number of piperidine rings is 1. The second-order valence-corrected chi connectivity index (χ2v) is 6.90. The van der Waals surface area contributed by atoms with Crippen LogP contribution in [0.1, 0.15) is 40.5 Å². The summed E-state index contributed by atoms with van der Waals surface area (Å²) in [6.07, 6.45) is 4.50. The van der Waals surface area contributed by atoms with E-state index in [4.69, 9.17) is 11.6 Å². The summed E-state index contributed by atoms with van der Waals surface area (Å²) in [7, 11) is 0. The maximum atomic E-state index is 13.3. The number of allylic oxidation sites excluding steroid dienone is 1. The average molecular weight is 274 g/mol. The van der Waals surface area contributed by atoms with E-state index in [1.54, 1.807) is 0 Å². The SMILES string of the molecule is CC1(C)CC(N2C=C(F)C=NC2Cl)CC(C)(C)N1. The smallest absolute Gasteiger partial charge is 0.197 e. The maximum Gasteiger partial charge on any atom is 0.197 e. The van der Waals surface area contributed by atoms with Gasteiger partial charge in [-0.05, 0) is 40.5 Å². The van der Waals surface area contributed by atoms with E-state index in [1.807, 2.05) is 4.90 Å². The van der Waals surface area contributed by atoms with E-state index in [0.717, 1.165) is 12.8 Å². The highest BCUT2D eigenvalue weighted by Gasteiger charge is 2.41.